The van der Waals surface area contributed by atoms with Crippen LogP contribution in [0.4, 0.5) is 9.18 Å². The van der Waals surface area contributed by atoms with Crippen LogP contribution in [0.15, 0.2) is 24.3 Å². The van der Waals surface area contributed by atoms with Crippen molar-refractivity contribution in [2.75, 3.05) is 6.54 Å². The molecule has 0 saturated heterocycles. The van der Waals surface area contributed by atoms with E-state index in [0.717, 1.165) is 0 Å². The van der Waals surface area contributed by atoms with E-state index in [9.17, 15) is 14.3 Å². The van der Waals surface area contributed by atoms with Crippen molar-refractivity contribution in [2.24, 2.45) is 0 Å². The third-order valence-corrected chi connectivity index (χ3v) is 2.29. The molecule has 0 radical (unpaired) electrons. The van der Waals surface area contributed by atoms with E-state index in [1.165, 1.54) is 12.1 Å². The Bertz CT molecular complexity index is 492. The molecule has 0 aliphatic carbocycles. The predicted octanol–water partition coefficient (Wildman–Crippen LogP) is 3.46. The van der Waals surface area contributed by atoms with Crippen molar-refractivity contribution in [3.8, 4) is 5.75 Å². The number of phenols is 1. The summed E-state index contributed by atoms with van der Waals surface area (Å²) in [5.41, 5.74) is -0.116. The third-order valence-electron chi connectivity index (χ3n) is 2.29. The van der Waals surface area contributed by atoms with E-state index in [-0.39, 0.29) is 5.75 Å². The first kappa shape index (κ1) is 16.0. The number of halogens is 1. The Morgan fingerprint density at radius 2 is 2.15 bits per heavy atom. The van der Waals surface area contributed by atoms with Crippen LogP contribution in [-0.4, -0.2) is 23.3 Å². The number of rotatable bonds is 4. The lowest BCUT2D eigenvalue weighted by Crippen LogP contribution is -2.32. The molecule has 110 valence electrons. The fraction of sp³-hybridized carbons (Fsp3) is 0.400. The molecule has 0 aliphatic heterocycles. The smallest absolute Gasteiger partial charge is 0.407 e. The molecule has 0 heterocycles. The summed E-state index contributed by atoms with van der Waals surface area (Å²) in [6.07, 6.45) is 3.43. The second-order valence-corrected chi connectivity index (χ2v) is 5.30. The highest BCUT2D eigenvalue weighted by Gasteiger charge is 2.15. The summed E-state index contributed by atoms with van der Waals surface area (Å²) in [6, 6.07) is 4.32. The number of ether oxygens (including phenoxy) is 1. The van der Waals surface area contributed by atoms with Crippen LogP contribution in [0.5, 0.6) is 5.75 Å². The van der Waals surface area contributed by atoms with Crippen LogP contribution in [0, 0.1) is 5.82 Å². The van der Waals surface area contributed by atoms with Gasteiger partial charge in [0.2, 0.25) is 0 Å². The summed E-state index contributed by atoms with van der Waals surface area (Å²) in [7, 11) is 0. The van der Waals surface area contributed by atoms with Crippen molar-refractivity contribution in [3.63, 3.8) is 0 Å². The lowest BCUT2D eigenvalue weighted by molar-refractivity contribution is 0.0529. The Morgan fingerprint density at radius 1 is 1.45 bits per heavy atom. The van der Waals surface area contributed by atoms with Gasteiger partial charge in [-0.2, -0.15) is 0 Å². The van der Waals surface area contributed by atoms with Crippen LogP contribution in [0.3, 0.4) is 0 Å². The molecule has 20 heavy (non-hydrogen) atoms. The Kier molecular flexibility index (Phi) is 5.55. The topological polar surface area (TPSA) is 58.6 Å². The van der Waals surface area contributed by atoms with Gasteiger partial charge in [-0.1, -0.05) is 24.3 Å². The van der Waals surface area contributed by atoms with Gasteiger partial charge in [0.25, 0.3) is 0 Å². The van der Waals surface area contributed by atoms with Gasteiger partial charge in [0, 0.05) is 12.1 Å². The van der Waals surface area contributed by atoms with Crippen LogP contribution in [0.1, 0.15) is 32.8 Å². The number of alkyl carbamates (subject to hydrolysis) is 1. The maximum atomic E-state index is 13.1. The average molecular weight is 281 g/mol. The second-order valence-electron chi connectivity index (χ2n) is 5.30. The summed E-state index contributed by atoms with van der Waals surface area (Å²) in [5, 5.41) is 12.1. The number of phenolic OH excluding ortho intramolecular Hbond substituents is 1. The van der Waals surface area contributed by atoms with E-state index in [4.69, 9.17) is 4.74 Å². The number of para-hydroxylation sites is 1. The van der Waals surface area contributed by atoms with Crippen LogP contribution in [0.2, 0.25) is 0 Å². The molecular weight excluding hydrogens is 261 g/mol. The number of hydrogen-bond donors (Lipinski definition) is 2. The Hall–Kier alpha value is -2.04. The molecule has 0 aromatic heterocycles. The summed E-state index contributed by atoms with van der Waals surface area (Å²) in [4.78, 5) is 11.3. The fourth-order valence-corrected chi connectivity index (χ4v) is 1.45. The molecule has 1 rings (SSSR count). The molecule has 0 fully saturated rings. The molecule has 0 aliphatic rings. The minimum Gasteiger partial charge on any atom is -0.504 e. The van der Waals surface area contributed by atoms with E-state index in [1.54, 1.807) is 39.0 Å². The Morgan fingerprint density at radius 3 is 2.80 bits per heavy atom. The first-order valence-electron chi connectivity index (χ1n) is 6.40. The average Bonchev–Trinajstić information content (AvgIpc) is 2.31. The molecule has 5 heteroatoms. The molecular formula is C15H20FNO3. The van der Waals surface area contributed by atoms with Gasteiger partial charge in [-0.15, -0.1) is 0 Å². The first-order chi connectivity index (χ1) is 9.29. The highest BCUT2D eigenvalue weighted by atomic mass is 19.1. The van der Waals surface area contributed by atoms with Crippen molar-refractivity contribution in [3.05, 3.63) is 35.7 Å². The van der Waals surface area contributed by atoms with Gasteiger partial charge in [-0.25, -0.2) is 9.18 Å². The molecule has 0 spiro atoms. The molecule has 4 nitrogen and oxygen atoms in total. The Balaban J connectivity index is 2.36. The molecule has 0 unspecified atom stereocenters. The van der Waals surface area contributed by atoms with Gasteiger partial charge in [-0.3, -0.25) is 0 Å². The zero-order valence-electron chi connectivity index (χ0n) is 11.9. The Labute approximate surface area is 118 Å². The third kappa shape index (κ3) is 5.73. The number of carbonyl (C=O) groups excluding carboxylic acids is 1. The summed E-state index contributed by atoms with van der Waals surface area (Å²) < 4.78 is 18.1. The normalized spacial score (nSPS) is 11.6. The van der Waals surface area contributed by atoms with Crippen molar-refractivity contribution in [1.82, 2.24) is 5.32 Å². The maximum absolute atomic E-state index is 13.1. The second kappa shape index (κ2) is 6.93. The zero-order chi connectivity index (χ0) is 15.2. The number of amides is 1. The minimum absolute atomic E-state index is 0.371. The van der Waals surface area contributed by atoms with Gasteiger partial charge in [-0.05, 0) is 33.3 Å². The van der Waals surface area contributed by atoms with Crippen LogP contribution in [0.25, 0.3) is 6.08 Å². The van der Waals surface area contributed by atoms with Crippen molar-refractivity contribution in [1.29, 1.82) is 0 Å². The molecule has 1 aromatic carbocycles. The lowest BCUT2D eigenvalue weighted by atomic mass is 10.1. The summed E-state index contributed by atoms with van der Waals surface area (Å²) in [5.74, 6) is -1.03. The number of nitrogens with one attached hydrogen (secondary N) is 1. The molecule has 2 N–H and O–H groups in total. The van der Waals surface area contributed by atoms with Crippen molar-refractivity contribution < 1.29 is 19.0 Å². The maximum Gasteiger partial charge on any atom is 0.407 e. The van der Waals surface area contributed by atoms with Crippen LogP contribution >= 0.6 is 0 Å². The molecule has 0 saturated carbocycles. The standard InChI is InChI=1S/C15H20FNO3/c1-15(2,3)20-14(19)17-10-5-4-7-11-8-6-9-12(16)13(11)18/h4,6-9,18H,5,10H2,1-3H3,(H,17,19). The van der Waals surface area contributed by atoms with E-state index in [0.29, 0.717) is 18.5 Å². The largest absolute Gasteiger partial charge is 0.504 e. The minimum atomic E-state index is -0.654. The number of aromatic hydroxyl groups is 1. The van der Waals surface area contributed by atoms with Crippen molar-refractivity contribution in [2.45, 2.75) is 32.8 Å². The fourth-order valence-electron chi connectivity index (χ4n) is 1.45. The summed E-state index contributed by atoms with van der Waals surface area (Å²) >= 11 is 0. The predicted molar refractivity (Wildman–Crippen MR) is 76.0 cm³/mol. The highest BCUT2D eigenvalue weighted by molar-refractivity contribution is 5.67. The first-order valence-corrected chi connectivity index (χ1v) is 6.40. The summed E-state index contributed by atoms with van der Waals surface area (Å²) in [6.45, 7) is 5.78. The quantitative estimate of drug-likeness (QED) is 0.831. The van der Waals surface area contributed by atoms with Crippen LogP contribution < -0.4 is 5.32 Å². The zero-order valence-corrected chi connectivity index (χ0v) is 11.9. The van der Waals surface area contributed by atoms with Crippen LogP contribution in [-0.2, 0) is 4.74 Å². The highest BCUT2D eigenvalue weighted by Crippen LogP contribution is 2.21. The van der Waals surface area contributed by atoms with E-state index < -0.39 is 17.5 Å². The molecule has 1 aromatic rings. The van der Waals surface area contributed by atoms with Gasteiger partial charge < -0.3 is 15.2 Å². The number of carbonyl (C=O) groups is 1. The monoisotopic (exact) mass is 281 g/mol. The molecule has 0 bridgehead atoms. The molecule has 0 atom stereocenters. The van der Waals surface area contributed by atoms with Gasteiger partial charge in [0.15, 0.2) is 11.6 Å². The number of benzene rings is 1. The van der Waals surface area contributed by atoms with E-state index in [1.807, 2.05) is 0 Å². The lowest BCUT2D eigenvalue weighted by Gasteiger charge is -2.19. The SMILES string of the molecule is CC(C)(C)OC(=O)NCCC=Cc1cccc(F)c1O. The van der Waals surface area contributed by atoms with Gasteiger partial charge in [0.05, 0.1) is 0 Å². The molecule has 1 amide bonds. The van der Waals surface area contributed by atoms with E-state index in [2.05, 4.69) is 5.32 Å². The van der Waals surface area contributed by atoms with Gasteiger partial charge in [0.1, 0.15) is 5.60 Å². The van der Waals surface area contributed by atoms with Gasteiger partial charge >= 0.3 is 6.09 Å². The van der Waals surface area contributed by atoms with Crippen molar-refractivity contribution >= 4 is 12.2 Å². The van der Waals surface area contributed by atoms with E-state index >= 15 is 0 Å². The number of hydrogen-bond acceptors (Lipinski definition) is 3.